The molecule has 132 valence electrons. The van der Waals surface area contributed by atoms with Crippen LogP contribution in [-0.4, -0.2) is 67.8 Å². The molecule has 2 heterocycles. The first kappa shape index (κ1) is 17.5. The number of carbonyl (C=O) groups excluding carboxylic acids is 1. The Morgan fingerprint density at radius 1 is 1.21 bits per heavy atom. The SMILES string of the molecule is O=C(NCC1CCCO1)N1CCN(CCc2ccc(Cl)cc2)CC1. The Bertz CT molecular complexity index is 524. The van der Waals surface area contributed by atoms with Gasteiger partial charge >= 0.3 is 6.03 Å². The Morgan fingerprint density at radius 2 is 1.96 bits per heavy atom. The van der Waals surface area contributed by atoms with E-state index in [0.29, 0.717) is 6.54 Å². The van der Waals surface area contributed by atoms with E-state index < -0.39 is 0 Å². The molecule has 0 aromatic heterocycles. The number of nitrogens with one attached hydrogen (secondary N) is 1. The van der Waals surface area contributed by atoms with Crippen molar-refractivity contribution >= 4 is 17.6 Å². The lowest BCUT2D eigenvalue weighted by Crippen LogP contribution is -2.52. The Hall–Kier alpha value is -1.30. The highest BCUT2D eigenvalue weighted by molar-refractivity contribution is 6.30. The van der Waals surface area contributed by atoms with Gasteiger partial charge in [-0.3, -0.25) is 4.90 Å². The van der Waals surface area contributed by atoms with Crippen LogP contribution in [0.1, 0.15) is 18.4 Å². The number of nitrogens with zero attached hydrogens (tertiary/aromatic N) is 2. The van der Waals surface area contributed by atoms with Crippen LogP contribution in [0.5, 0.6) is 0 Å². The van der Waals surface area contributed by atoms with E-state index in [0.717, 1.165) is 63.6 Å². The lowest BCUT2D eigenvalue weighted by Gasteiger charge is -2.34. The monoisotopic (exact) mass is 351 g/mol. The molecule has 1 aromatic carbocycles. The number of piperazine rings is 1. The predicted molar refractivity (Wildman–Crippen MR) is 95.5 cm³/mol. The van der Waals surface area contributed by atoms with Gasteiger partial charge in [0.25, 0.3) is 0 Å². The van der Waals surface area contributed by atoms with E-state index in [9.17, 15) is 4.79 Å². The molecule has 0 aliphatic carbocycles. The summed E-state index contributed by atoms with van der Waals surface area (Å²) in [6, 6.07) is 8.08. The highest BCUT2D eigenvalue weighted by Gasteiger charge is 2.22. The summed E-state index contributed by atoms with van der Waals surface area (Å²) in [7, 11) is 0. The number of carbonyl (C=O) groups is 1. The van der Waals surface area contributed by atoms with Gasteiger partial charge in [-0.15, -0.1) is 0 Å². The molecule has 3 rings (SSSR count). The van der Waals surface area contributed by atoms with Gasteiger partial charge < -0.3 is 15.0 Å². The summed E-state index contributed by atoms with van der Waals surface area (Å²) < 4.78 is 5.54. The van der Waals surface area contributed by atoms with Gasteiger partial charge in [0.05, 0.1) is 6.10 Å². The van der Waals surface area contributed by atoms with Crippen LogP contribution in [0.25, 0.3) is 0 Å². The van der Waals surface area contributed by atoms with Gasteiger partial charge in [0, 0.05) is 50.9 Å². The molecule has 2 aliphatic heterocycles. The van der Waals surface area contributed by atoms with Crippen molar-refractivity contribution in [2.45, 2.75) is 25.4 Å². The van der Waals surface area contributed by atoms with Gasteiger partial charge in [-0.2, -0.15) is 0 Å². The minimum absolute atomic E-state index is 0.0443. The third-order valence-corrected chi connectivity index (χ3v) is 5.05. The van der Waals surface area contributed by atoms with Crippen molar-refractivity contribution in [3.63, 3.8) is 0 Å². The molecule has 1 unspecified atom stereocenters. The van der Waals surface area contributed by atoms with Crippen LogP contribution in [0, 0.1) is 0 Å². The summed E-state index contributed by atoms with van der Waals surface area (Å²) in [4.78, 5) is 16.5. The second-order valence-corrected chi connectivity index (χ2v) is 6.96. The number of benzene rings is 1. The van der Waals surface area contributed by atoms with E-state index in [1.807, 2.05) is 17.0 Å². The molecule has 2 saturated heterocycles. The zero-order valence-electron chi connectivity index (χ0n) is 14.0. The lowest BCUT2D eigenvalue weighted by molar-refractivity contribution is 0.104. The minimum atomic E-state index is 0.0443. The van der Waals surface area contributed by atoms with Gasteiger partial charge in [0.2, 0.25) is 0 Å². The van der Waals surface area contributed by atoms with Crippen molar-refractivity contribution in [3.05, 3.63) is 34.9 Å². The number of hydrogen-bond donors (Lipinski definition) is 1. The number of hydrogen-bond acceptors (Lipinski definition) is 3. The summed E-state index contributed by atoms with van der Waals surface area (Å²) in [6.45, 7) is 5.92. The van der Waals surface area contributed by atoms with Gasteiger partial charge in [-0.25, -0.2) is 4.79 Å². The van der Waals surface area contributed by atoms with Crippen LogP contribution in [0.3, 0.4) is 0 Å². The second kappa shape index (κ2) is 8.70. The summed E-state index contributed by atoms with van der Waals surface area (Å²) in [5.74, 6) is 0. The molecule has 0 spiro atoms. The lowest BCUT2D eigenvalue weighted by atomic mass is 10.1. The van der Waals surface area contributed by atoms with E-state index in [1.54, 1.807) is 0 Å². The maximum absolute atomic E-state index is 12.2. The van der Waals surface area contributed by atoms with Crippen molar-refractivity contribution < 1.29 is 9.53 Å². The number of amides is 2. The van der Waals surface area contributed by atoms with Crippen molar-refractivity contribution in [1.29, 1.82) is 0 Å². The molecule has 2 aliphatic rings. The van der Waals surface area contributed by atoms with E-state index in [-0.39, 0.29) is 12.1 Å². The molecule has 5 nitrogen and oxygen atoms in total. The van der Waals surface area contributed by atoms with Crippen LogP contribution in [0.4, 0.5) is 4.79 Å². The molecular formula is C18H26ClN3O2. The average Bonchev–Trinajstić information content (AvgIpc) is 3.13. The standard InChI is InChI=1S/C18H26ClN3O2/c19-16-5-3-15(4-6-16)7-8-21-9-11-22(12-10-21)18(23)20-14-17-2-1-13-24-17/h3-6,17H,1-2,7-14H2,(H,20,23). The van der Waals surface area contributed by atoms with Gasteiger partial charge in [-0.05, 0) is 37.0 Å². The van der Waals surface area contributed by atoms with Crippen LogP contribution in [0.15, 0.2) is 24.3 Å². The predicted octanol–water partition coefficient (Wildman–Crippen LogP) is 2.39. The highest BCUT2D eigenvalue weighted by atomic mass is 35.5. The van der Waals surface area contributed by atoms with Gasteiger partial charge in [0.15, 0.2) is 0 Å². The maximum atomic E-state index is 12.2. The summed E-state index contributed by atoms with van der Waals surface area (Å²) >= 11 is 5.91. The molecule has 1 aromatic rings. The van der Waals surface area contributed by atoms with Crippen LogP contribution < -0.4 is 5.32 Å². The molecule has 0 saturated carbocycles. The Morgan fingerprint density at radius 3 is 2.62 bits per heavy atom. The third-order valence-electron chi connectivity index (χ3n) is 4.79. The van der Waals surface area contributed by atoms with Crippen molar-refractivity contribution in [2.75, 3.05) is 45.9 Å². The summed E-state index contributed by atoms with van der Waals surface area (Å²) in [5, 5.41) is 3.78. The Labute approximate surface area is 148 Å². The average molecular weight is 352 g/mol. The Kier molecular flexibility index (Phi) is 6.35. The quantitative estimate of drug-likeness (QED) is 0.886. The third kappa shape index (κ3) is 5.10. The highest BCUT2D eigenvalue weighted by Crippen LogP contribution is 2.12. The van der Waals surface area contributed by atoms with Crippen molar-refractivity contribution in [1.82, 2.24) is 15.1 Å². The summed E-state index contributed by atoms with van der Waals surface area (Å²) in [5.41, 5.74) is 1.30. The van der Waals surface area contributed by atoms with E-state index >= 15 is 0 Å². The number of rotatable bonds is 5. The topological polar surface area (TPSA) is 44.8 Å². The second-order valence-electron chi connectivity index (χ2n) is 6.53. The van der Waals surface area contributed by atoms with Gasteiger partial charge in [-0.1, -0.05) is 23.7 Å². The molecule has 24 heavy (non-hydrogen) atoms. The Balaban J connectivity index is 1.34. The molecular weight excluding hydrogens is 326 g/mol. The minimum Gasteiger partial charge on any atom is -0.376 e. The molecule has 2 amide bonds. The molecule has 0 radical (unpaired) electrons. The maximum Gasteiger partial charge on any atom is 0.317 e. The largest absolute Gasteiger partial charge is 0.376 e. The van der Waals surface area contributed by atoms with E-state index in [1.165, 1.54) is 5.56 Å². The number of ether oxygens (including phenoxy) is 1. The zero-order valence-corrected chi connectivity index (χ0v) is 14.8. The van der Waals surface area contributed by atoms with Crippen LogP contribution >= 0.6 is 11.6 Å². The van der Waals surface area contributed by atoms with Crippen LogP contribution in [0.2, 0.25) is 5.02 Å². The molecule has 1 N–H and O–H groups in total. The first-order valence-corrected chi connectivity index (χ1v) is 9.20. The summed E-state index contributed by atoms with van der Waals surface area (Å²) in [6.07, 6.45) is 3.38. The van der Waals surface area contributed by atoms with Crippen LogP contribution in [-0.2, 0) is 11.2 Å². The fourth-order valence-electron chi connectivity index (χ4n) is 3.23. The van der Waals surface area contributed by atoms with Crippen molar-refractivity contribution in [3.8, 4) is 0 Å². The molecule has 6 heteroatoms. The number of urea groups is 1. The van der Waals surface area contributed by atoms with E-state index in [2.05, 4.69) is 22.3 Å². The molecule has 0 bridgehead atoms. The smallest absolute Gasteiger partial charge is 0.317 e. The fourth-order valence-corrected chi connectivity index (χ4v) is 3.36. The molecule has 2 fully saturated rings. The first-order chi connectivity index (χ1) is 11.7. The number of halogens is 1. The van der Waals surface area contributed by atoms with Crippen molar-refractivity contribution in [2.24, 2.45) is 0 Å². The zero-order chi connectivity index (χ0) is 16.8. The van der Waals surface area contributed by atoms with Gasteiger partial charge in [0.1, 0.15) is 0 Å². The normalized spacial score (nSPS) is 21.9. The first-order valence-electron chi connectivity index (χ1n) is 8.82. The van der Waals surface area contributed by atoms with E-state index in [4.69, 9.17) is 16.3 Å². The molecule has 1 atom stereocenters. The fraction of sp³-hybridized carbons (Fsp3) is 0.611.